The highest BCUT2D eigenvalue weighted by Crippen LogP contribution is 2.22. The molecule has 1 aromatic rings. The molecule has 120 valence electrons. The van der Waals surface area contributed by atoms with E-state index in [2.05, 4.69) is 19.2 Å². The lowest BCUT2D eigenvalue weighted by molar-refractivity contribution is -0.0166. The number of morpholine rings is 1. The summed E-state index contributed by atoms with van der Waals surface area (Å²) in [6.45, 7) is 9.94. The Balaban J connectivity index is 0.000000235. The van der Waals surface area contributed by atoms with Gasteiger partial charge >= 0.3 is 0 Å². The number of ether oxygens (including phenoxy) is 1. The van der Waals surface area contributed by atoms with Crippen molar-refractivity contribution in [2.24, 2.45) is 0 Å². The fourth-order valence-electron chi connectivity index (χ4n) is 2.18. The lowest BCUT2D eigenvalue weighted by Crippen LogP contribution is -2.41. The van der Waals surface area contributed by atoms with Crippen LogP contribution in [0.5, 0.6) is 0 Å². The van der Waals surface area contributed by atoms with Crippen molar-refractivity contribution in [3.63, 3.8) is 0 Å². The second-order valence-corrected chi connectivity index (χ2v) is 6.97. The van der Waals surface area contributed by atoms with Crippen molar-refractivity contribution in [3.8, 4) is 0 Å². The lowest BCUT2D eigenvalue weighted by atomic mass is 10.0. The van der Waals surface area contributed by atoms with Crippen LogP contribution in [-0.2, 0) is 14.9 Å². The molecule has 0 spiro atoms. The highest BCUT2D eigenvalue weighted by atomic mass is 32.2. The molecule has 0 radical (unpaired) electrons. The van der Waals surface area contributed by atoms with Crippen LogP contribution in [0.25, 0.3) is 0 Å². The van der Waals surface area contributed by atoms with Gasteiger partial charge in [0.25, 0.3) is 10.1 Å². The summed E-state index contributed by atoms with van der Waals surface area (Å²) in [7, 11) is -4.08. The molecule has 0 amide bonds. The minimum absolute atomic E-state index is 0.00463. The highest BCUT2D eigenvalue weighted by Gasteiger charge is 2.16. The molecular formula is C15H25NO4S. The van der Waals surface area contributed by atoms with Crippen LogP contribution >= 0.6 is 0 Å². The van der Waals surface area contributed by atoms with Crippen LogP contribution in [0.1, 0.15) is 39.2 Å². The van der Waals surface area contributed by atoms with Gasteiger partial charge in [0.2, 0.25) is 0 Å². The zero-order valence-corrected chi connectivity index (χ0v) is 13.9. The largest absolute Gasteiger partial charge is 0.373 e. The van der Waals surface area contributed by atoms with Gasteiger partial charge < -0.3 is 10.1 Å². The Hall–Kier alpha value is -0.950. The van der Waals surface area contributed by atoms with E-state index in [-0.39, 0.29) is 10.8 Å². The lowest BCUT2D eigenvalue weighted by Gasteiger charge is -2.25. The summed E-state index contributed by atoms with van der Waals surface area (Å²) in [5.41, 5.74) is 0.644. The summed E-state index contributed by atoms with van der Waals surface area (Å²) in [4.78, 5) is 0.00463. The Morgan fingerprint density at radius 1 is 1.19 bits per heavy atom. The first-order valence-corrected chi connectivity index (χ1v) is 8.58. The Labute approximate surface area is 127 Å². The third-order valence-electron chi connectivity index (χ3n) is 3.15. The van der Waals surface area contributed by atoms with E-state index in [0.29, 0.717) is 17.8 Å². The van der Waals surface area contributed by atoms with E-state index in [1.54, 1.807) is 18.2 Å². The van der Waals surface area contributed by atoms with E-state index in [9.17, 15) is 8.42 Å². The van der Waals surface area contributed by atoms with Gasteiger partial charge in [-0.2, -0.15) is 8.42 Å². The number of nitrogens with one attached hydrogen (secondary N) is 1. The molecule has 0 saturated carbocycles. The average molecular weight is 315 g/mol. The van der Waals surface area contributed by atoms with Gasteiger partial charge in [-0.3, -0.25) is 4.55 Å². The molecule has 0 aromatic heterocycles. The molecule has 1 saturated heterocycles. The summed E-state index contributed by atoms with van der Waals surface area (Å²) in [6.07, 6.45) is 0.803. The van der Waals surface area contributed by atoms with Crippen molar-refractivity contribution in [1.82, 2.24) is 5.32 Å². The normalized spacial score (nSPS) is 22.6. The molecule has 6 heteroatoms. The molecular weight excluding hydrogens is 290 g/mol. The third-order valence-corrected chi connectivity index (χ3v) is 4.07. The molecule has 1 aliphatic heterocycles. The van der Waals surface area contributed by atoms with E-state index in [1.165, 1.54) is 6.07 Å². The van der Waals surface area contributed by atoms with Crippen LogP contribution < -0.4 is 5.32 Å². The fraction of sp³-hybridized carbons (Fsp3) is 0.600. The first-order chi connectivity index (χ1) is 9.71. The van der Waals surface area contributed by atoms with E-state index in [0.717, 1.165) is 13.1 Å². The molecule has 2 rings (SSSR count). The van der Waals surface area contributed by atoms with Crippen molar-refractivity contribution in [2.75, 3.05) is 13.1 Å². The highest BCUT2D eigenvalue weighted by molar-refractivity contribution is 7.85. The van der Waals surface area contributed by atoms with Crippen molar-refractivity contribution < 1.29 is 17.7 Å². The zero-order chi connectivity index (χ0) is 16.0. The average Bonchev–Trinajstić information content (AvgIpc) is 2.38. The van der Waals surface area contributed by atoms with Gasteiger partial charge in [0, 0.05) is 13.1 Å². The first kappa shape index (κ1) is 18.1. The first-order valence-electron chi connectivity index (χ1n) is 7.14. The molecule has 1 aromatic carbocycles. The summed E-state index contributed by atoms with van der Waals surface area (Å²) in [5, 5.41) is 3.26. The minimum atomic E-state index is -4.08. The van der Waals surface area contributed by atoms with E-state index < -0.39 is 10.1 Å². The molecule has 5 nitrogen and oxygen atoms in total. The molecule has 2 N–H and O–H groups in total. The van der Waals surface area contributed by atoms with E-state index in [4.69, 9.17) is 9.29 Å². The van der Waals surface area contributed by atoms with Gasteiger partial charge in [0.05, 0.1) is 17.1 Å². The van der Waals surface area contributed by atoms with Crippen LogP contribution in [-0.4, -0.2) is 38.3 Å². The van der Waals surface area contributed by atoms with Gasteiger partial charge in [-0.1, -0.05) is 32.0 Å². The monoisotopic (exact) mass is 315 g/mol. The van der Waals surface area contributed by atoms with Crippen molar-refractivity contribution in [1.29, 1.82) is 0 Å². The Morgan fingerprint density at radius 3 is 2.05 bits per heavy atom. The van der Waals surface area contributed by atoms with E-state index >= 15 is 0 Å². The molecule has 1 heterocycles. The molecule has 1 fully saturated rings. The smallest absolute Gasteiger partial charge is 0.294 e. The molecule has 2 atom stereocenters. The topological polar surface area (TPSA) is 75.6 Å². The van der Waals surface area contributed by atoms with Crippen molar-refractivity contribution >= 4 is 10.1 Å². The van der Waals surface area contributed by atoms with Crippen molar-refractivity contribution in [2.45, 2.75) is 50.7 Å². The molecule has 21 heavy (non-hydrogen) atoms. The van der Waals surface area contributed by atoms with Crippen molar-refractivity contribution in [3.05, 3.63) is 29.8 Å². The third kappa shape index (κ3) is 6.13. The summed E-state index contributed by atoms with van der Waals surface area (Å²) < 4.78 is 36.1. The SMILES string of the molecule is CC(C)c1ccccc1S(=O)(=O)O.CC1CNCC(C)O1. The molecule has 1 aliphatic rings. The molecule has 0 bridgehead atoms. The second kappa shape index (κ2) is 7.89. The summed E-state index contributed by atoms with van der Waals surface area (Å²) in [5.74, 6) is 0.0816. The predicted molar refractivity (Wildman–Crippen MR) is 83.2 cm³/mol. The van der Waals surface area contributed by atoms with Gasteiger partial charge in [-0.15, -0.1) is 0 Å². The van der Waals surface area contributed by atoms with Crippen LogP contribution in [0.4, 0.5) is 0 Å². The molecule has 0 aliphatic carbocycles. The maximum atomic E-state index is 10.9. The summed E-state index contributed by atoms with van der Waals surface area (Å²) >= 11 is 0. The Bertz CT molecular complexity index is 534. The standard InChI is InChI=1S/C9H12O3S.C6H13NO/c1-7(2)8-5-3-4-6-9(8)13(10,11)12;1-5-3-7-4-6(2)8-5/h3-7H,1-2H3,(H,10,11,12);5-7H,3-4H2,1-2H3. The predicted octanol–water partition coefficient (Wildman–Crippen LogP) is 2.44. The van der Waals surface area contributed by atoms with Gasteiger partial charge in [0.15, 0.2) is 0 Å². The van der Waals surface area contributed by atoms with Crippen LogP contribution in [0.15, 0.2) is 29.2 Å². The summed E-state index contributed by atoms with van der Waals surface area (Å²) in [6, 6.07) is 6.46. The van der Waals surface area contributed by atoms with Gasteiger partial charge in [-0.25, -0.2) is 0 Å². The zero-order valence-electron chi connectivity index (χ0n) is 13.0. The number of benzene rings is 1. The Kier molecular flexibility index (Phi) is 6.80. The minimum Gasteiger partial charge on any atom is -0.373 e. The van der Waals surface area contributed by atoms with Crippen LogP contribution in [0, 0.1) is 0 Å². The second-order valence-electron chi connectivity index (χ2n) is 5.58. The number of hydrogen-bond acceptors (Lipinski definition) is 4. The quantitative estimate of drug-likeness (QED) is 0.820. The van der Waals surface area contributed by atoms with E-state index in [1.807, 2.05) is 13.8 Å². The fourth-order valence-corrected chi connectivity index (χ4v) is 3.03. The number of rotatable bonds is 2. The van der Waals surface area contributed by atoms with Gasteiger partial charge in [-0.05, 0) is 31.4 Å². The van der Waals surface area contributed by atoms with Crippen LogP contribution in [0.3, 0.4) is 0 Å². The maximum absolute atomic E-state index is 10.9. The Morgan fingerprint density at radius 2 is 1.71 bits per heavy atom. The van der Waals surface area contributed by atoms with Gasteiger partial charge in [0.1, 0.15) is 0 Å². The van der Waals surface area contributed by atoms with Crippen LogP contribution in [0.2, 0.25) is 0 Å². The number of hydrogen-bond donors (Lipinski definition) is 2. The molecule has 2 unspecified atom stereocenters. The maximum Gasteiger partial charge on any atom is 0.294 e.